The molecule has 0 saturated carbocycles. The predicted molar refractivity (Wildman–Crippen MR) is 77.2 cm³/mol. The van der Waals surface area contributed by atoms with Gasteiger partial charge >= 0.3 is 0 Å². The van der Waals surface area contributed by atoms with Crippen LogP contribution in [0.25, 0.3) is 0 Å². The number of aliphatic hydroxyl groups excluding tert-OH is 1. The summed E-state index contributed by atoms with van der Waals surface area (Å²) in [5.74, 6) is 0. The van der Waals surface area contributed by atoms with Crippen molar-refractivity contribution in [2.75, 3.05) is 20.3 Å². The molecule has 106 valence electrons. The average molecular weight is 263 g/mol. The van der Waals surface area contributed by atoms with Gasteiger partial charge in [-0.2, -0.15) is 0 Å². The van der Waals surface area contributed by atoms with Crippen LogP contribution in [0.2, 0.25) is 0 Å². The molecule has 3 nitrogen and oxygen atoms in total. The van der Waals surface area contributed by atoms with Gasteiger partial charge in [-0.05, 0) is 30.9 Å². The summed E-state index contributed by atoms with van der Waals surface area (Å²) in [4.78, 5) is 2.40. The van der Waals surface area contributed by atoms with E-state index >= 15 is 0 Å². The Bertz CT molecular complexity index is 407. The fourth-order valence-electron chi connectivity index (χ4n) is 3.00. The van der Waals surface area contributed by atoms with Crippen molar-refractivity contribution in [3.63, 3.8) is 0 Å². The summed E-state index contributed by atoms with van der Waals surface area (Å²) in [5.41, 5.74) is 2.38. The third-order valence-electron chi connectivity index (χ3n) is 4.30. The topological polar surface area (TPSA) is 32.7 Å². The van der Waals surface area contributed by atoms with Gasteiger partial charge in [0.25, 0.3) is 0 Å². The Morgan fingerprint density at radius 2 is 2.16 bits per heavy atom. The first kappa shape index (κ1) is 14.5. The van der Waals surface area contributed by atoms with Crippen molar-refractivity contribution in [2.24, 2.45) is 0 Å². The quantitative estimate of drug-likeness (QED) is 0.855. The van der Waals surface area contributed by atoms with E-state index in [9.17, 15) is 5.11 Å². The van der Waals surface area contributed by atoms with Gasteiger partial charge in [0.15, 0.2) is 0 Å². The fraction of sp³-hybridized carbons (Fsp3) is 0.625. The number of benzene rings is 1. The molecule has 3 heteroatoms. The summed E-state index contributed by atoms with van der Waals surface area (Å²) < 4.78 is 5.22. The molecule has 0 saturated heterocycles. The molecular formula is C16H25NO2. The molecule has 1 aromatic rings. The van der Waals surface area contributed by atoms with Crippen LogP contribution >= 0.6 is 0 Å². The van der Waals surface area contributed by atoms with Crippen molar-refractivity contribution in [3.05, 3.63) is 35.4 Å². The Morgan fingerprint density at radius 1 is 1.42 bits per heavy atom. The van der Waals surface area contributed by atoms with Crippen LogP contribution in [0.15, 0.2) is 24.3 Å². The number of aliphatic hydroxyl groups is 1. The molecule has 1 aliphatic carbocycles. The molecule has 0 aromatic heterocycles. The van der Waals surface area contributed by atoms with Crippen LogP contribution in [0.1, 0.15) is 37.5 Å². The number of hydrogen-bond acceptors (Lipinski definition) is 3. The first-order valence-corrected chi connectivity index (χ1v) is 7.19. The van der Waals surface area contributed by atoms with Gasteiger partial charge in [0.05, 0.1) is 12.7 Å². The third-order valence-corrected chi connectivity index (χ3v) is 4.30. The van der Waals surface area contributed by atoms with E-state index < -0.39 is 0 Å². The van der Waals surface area contributed by atoms with Crippen molar-refractivity contribution >= 4 is 0 Å². The highest BCUT2D eigenvalue weighted by Gasteiger charge is 2.36. The van der Waals surface area contributed by atoms with Gasteiger partial charge in [-0.3, -0.25) is 4.90 Å². The number of fused-ring (bicyclic) bond motifs is 1. The van der Waals surface area contributed by atoms with Crippen LogP contribution in [0.4, 0.5) is 0 Å². The van der Waals surface area contributed by atoms with E-state index in [1.807, 2.05) is 12.1 Å². The molecule has 0 radical (unpaired) electrons. The Morgan fingerprint density at radius 3 is 2.79 bits per heavy atom. The number of hydrogen-bond donors (Lipinski definition) is 1. The Kier molecular flexibility index (Phi) is 4.97. The van der Waals surface area contributed by atoms with E-state index in [4.69, 9.17) is 4.74 Å². The van der Waals surface area contributed by atoms with Crippen molar-refractivity contribution in [1.82, 2.24) is 4.90 Å². The molecule has 2 rings (SSSR count). The lowest BCUT2D eigenvalue weighted by atomic mass is 10.1. The summed E-state index contributed by atoms with van der Waals surface area (Å²) in [6, 6.07) is 8.88. The number of methoxy groups -OCH3 is 1. The molecule has 0 bridgehead atoms. The standard InChI is InChI=1S/C16H25NO2/c1-4-12(2)17(9-10-19-3)15-11-13-7-5-6-8-14(13)16(15)18/h5-8,12,15-16,18H,4,9-11H2,1-3H3. The molecule has 0 amide bonds. The molecule has 0 heterocycles. The van der Waals surface area contributed by atoms with E-state index in [1.165, 1.54) is 5.56 Å². The molecule has 3 atom stereocenters. The van der Waals surface area contributed by atoms with Crippen molar-refractivity contribution in [2.45, 2.75) is 44.9 Å². The molecule has 0 aliphatic heterocycles. The molecular weight excluding hydrogens is 238 g/mol. The minimum atomic E-state index is -0.373. The SMILES string of the molecule is CCC(C)N(CCOC)C1Cc2ccccc2C1O. The molecule has 1 N–H and O–H groups in total. The normalized spacial score (nSPS) is 23.6. The average Bonchev–Trinajstić information content (AvgIpc) is 2.77. The summed E-state index contributed by atoms with van der Waals surface area (Å²) in [5, 5.41) is 10.6. The maximum Gasteiger partial charge on any atom is 0.0951 e. The lowest BCUT2D eigenvalue weighted by Crippen LogP contribution is -2.45. The highest BCUT2D eigenvalue weighted by Crippen LogP contribution is 2.35. The first-order chi connectivity index (χ1) is 9.19. The van der Waals surface area contributed by atoms with Gasteiger partial charge in [-0.15, -0.1) is 0 Å². The second kappa shape index (κ2) is 6.51. The zero-order valence-electron chi connectivity index (χ0n) is 12.2. The van der Waals surface area contributed by atoms with E-state index in [-0.39, 0.29) is 12.1 Å². The second-order valence-electron chi connectivity index (χ2n) is 5.40. The van der Waals surface area contributed by atoms with Gasteiger partial charge in [0, 0.05) is 25.7 Å². The van der Waals surface area contributed by atoms with Gasteiger partial charge in [0.1, 0.15) is 0 Å². The molecule has 0 spiro atoms. The smallest absolute Gasteiger partial charge is 0.0951 e. The minimum absolute atomic E-state index is 0.183. The van der Waals surface area contributed by atoms with Crippen LogP contribution < -0.4 is 0 Å². The molecule has 1 aromatic carbocycles. The maximum atomic E-state index is 10.6. The molecule has 1 aliphatic rings. The number of rotatable bonds is 6. The monoisotopic (exact) mass is 263 g/mol. The van der Waals surface area contributed by atoms with E-state index in [2.05, 4.69) is 30.9 Å². The van der Waals surface area contributed by atoms with Crippen LogP contribution in [0.5, 0.6) is 0 Å². The highest BCUT2D eigenvalue weighted by molar-refractivity contribution is 5.36. The Labute approximate surface area is 116 Å². The summed E-state index contributed by atoms with van der Waals surface area (Å²) in [6.07, 6.45) is 1.65. The zero-order valence-corrected chi connectivity index (χ0v) is 12.2. The summed E-state index contributed by atoms with van der Waals surface area (Å²) in [7, 11) is 1.73. The molecule has 0 fully saturated rings. The number of nitrogens with zero attached hydrogens (tertiary/aromatic N) is 1. The van der Waals surface area contributed by atoms with Crippen LogP contribution in [0, 0.1) is 0 Å². The van der Waals surface area contributed by atoms with Gasteiger partial charge in [-0.1, -0.05) is 31.2 Å². The Balaban J connectivity index is 2.15. The summed E-state index contributed by atoms with van der Waals surface area (Å²) in [6.45, 7) is 6.01. The number of ether oxygens (including phenoxy) is 1. The maximum absolute atomic E-state index is 10.6. The lowest BCUT2D eigenvalue weighted by molar-refractivity contribution is 0.0208. The van der Waals surface area contributed by atoms with Crippen molar-refractivity contribution in [3.8, 4) is 0 Å². The second-order valence-corrected chi connectivity index (χ2v) is 5.40. The molecule has 3 unspecified atom stereocenters. The highest BCUT2D eigenvalue weighted by atomic mass is 16.5. The van der Waals surface area contributed by atoms with E-state index in [1.54, 1.807) is 7.11 Å². The first-order valence-electron chi connectivity index (χ1n) is 7.19. The Hall–Kier alpha value is -0.900. The third kappa shape index (κ3) is 2.99. The summed E-state index contributed by atoms with van der Waals surface area (Å²) >= 11 is 0. The van der Waals surface area contributed by atoms with Crippen molar-refractivity contribution in [1.29, 1.82) is 0 Å². The molecule has 19 heavy (non-hydrogen) atoms. The van der Waals surface area contributed by atoms with E-state index in [0.717, 1.165) is 24.9 Å². The largest absolute Gasteiger partial charge is 0.387 e. The van der Waals surface area contributed by atoms with Crippen LogP contribution in [-0.2, 0) is 11.2 Å². The zero-order chi connectivity index (χ0) is 13.8. The van der Waals surface area contributed by atoms with E-state index in [0.29, 0.717) is 12.6 Å². The van der Waals surface area contributed by atoms with Gasteiger partial charge in [0.2, 0.25) is 0 Å². The van der Waals surface area contributed by atoms with Crippen molar-refractivity contribution < 1.29 is 9.84 Å². The van der Waals surface area contributed by atoms with Gasteiger partial charge < -0.3 is 9.84 Å². The van der Waals surface area contributed by atoms with Crippen LogP contribution in [0.3, 0.4) is 0 Å². The fourth-order valence-corrected chi connectivity index (χ4v) is 3.00. The van der Waals surface area contributed by atoms with Gasteiger partial charge in [-0.25, -0.2) is 0 Å². The minimum Gasteiger partial charge on any atom is -0.387 e. The van der Waals surface area contributed by atoms with Crippen LogP contribution in [-0.4, -0.2) is 42.4 Å². The lowest BCUT2D eigenvalue weighted by Gasteiger charge is -2.35. The predicted octanol–water partition coefficient (Wildman–Crippen LogP) is 2.39.